The standard InChI is InChI=1S/C9H16N4.C2H6/c1-3-12-9(10-2)8-13-6-4-11-5-7-13;1-2/h3,11H,1-2,4-8H2;1-2H3. The van der Waals surface area contributed by atoms with Gasteiger partial charge in [0.05, 0.1) is 6.54 Å². The van der Waals surface area contributed by atoms with E-state index in [2.05, 4.69) is 33.5 Å². The van der Waals surface area contributed by atoms with Crippen molar-refractivity contribution in [2.75, 3.05) is 32.7 Å². The number of nitrogens with one attached hydrogen (secondary N) is 1. The zero-order valence-corrected chi connectivity index (χ0v) is 9.87. The van der Waals surface area contributed by atoms with Crippen molar-refractivity contribution in [3.8, 4) is 0 Å². The summed E-state index contributed by atoms with van der Waals surface area (Å²) in [6.45, 7) is 16.0. The average molecular weight is 210 g/mol. The zero-order chi connectivity index (χ0) is 11.5. The van der Waals surface area contributed by atoms with Crippen molar-refractivity contribution in [2.45, 2.75) is 13.8 Å². The number of hydrogen-bond acceptors (Lipinski definition) is 3. The van der Waals surface area contributed by atoms with E-state index in [1.807, 2.05) is 13.8 Å². The second kappa shape index (κ2) is 9.55. The van der Waals surface area contributed by atoms with Crippen LogP contribution in [-0.4, -0.2) is 50.2 Å². The zero-order valence-electron chi connectivity index (χ0n) is 9.87. The molecule has 15 heavy (non-hydrogen) atoms. The highest BCUT2D eigenvalue weighted by atomic mass is 15.2. The van der Waals surface area contributed by atoms with Crippen LogP contribution in [0, 0.1) is 0 Å². The molecule has 1 aliphatic heterocycles. The summed E-state index contributed by atoms with van der Waals surface area (Å²) in [5.74, 6) is 0.747. The Hall–Kier alpha value is -1.00. The minimum Gasteiger partial charge on any atom is -0.314 e. The number of rotatable bonds is 3. The highest BCUT2D eigenvalue weighted by Crippen LogP contribution is 1.94. The number of hydrogen-bond donors (Lipinski definition) is 1. The molecular formula is C11H22N4. The van der Waals surface area contributed by atoms with E-state index < -0.39 is 0 Å². The van der Waals surface area contributed by atoms with Gasteiger partial charge in [-0.25, -0.2) is 9.98 Å². The first kappa shape index (κ1) is 14.0. The van der Waals surface area contributed by atoms with Crippen molar-refractivity contribution in [1.82, 2.24) is 10.2 Å². The fourth-order valence-corrected chi connectivity index (χ4v) is 1.31. The minimum absolute atomic E-state index is 0.747. The van der Waals surface area contributed by atoms with Crippen molar-refractivity contribution >= 4 is 12.6 Å². The molecule has 0 aromatic heterocycles. The van der Waals surface area contributed by atoms with E-state index in [9.17, 15) is 0 Å². The first-order chi connectivity index (χ1) is 7.36. The fourth-order valence-electron chi connectivity index (χ4n) is 1.31. The number of aliphatic imine (C=N–C) groups is 2. The van der Waals surface area contributed by atoms with E-state index >= 15 is 0 Å². The van der Waals surface area contributed by atoms with Gasteiger partial charge in [-0.05, 0) is 6.72 Å². The largest absolute Gasteiger partial charge is 0.314 e. The summed E-state index contributed by atoms with van der Waals surface area (Å²) in [4.78, 5) is 10.2. The molecule has 1 aliphatic rings. The lowest BCUT2D eigenvalue weighted by Crippen LogP contribution is -2.45. The third-order valence-electron chi connectivity index (χ3n) is 2.00. The van der Waals surface area contributed by atoms with Crippen LogP contribution in [0.4, 0.5) is 0 Å². The first-order valence-corrected chi connectivity index (χ1v) is 5.44. The Morgan fingerprint density at radius 2 is 2.00 bits per heavy atom. The Morgan fingerprint density at radius 1 is 1.40 bits per heavy atom. The molecule has 4 heteroatoms. The summed E-state index contributed by atoms with van der Waals surface area (Å²) in [6, 6.07) is 0. The molecule has 0 aliphatic carbocycles. The molecule has 1 N–H and O–H groups in total. The van der Waals surface area contributed by atoms with Gasteiger partial charge in [-0.2, -0.15) is 0 Å². The van der Waals surface area contributed by atoms with Crippen molar-refractivity contribution in [1.29, 1.82) is 0 Å². The number of amidine groups is 1. The van der Waals surface area contributed by atoms with Crippen LogP contribution in [0.1, 0.15) is 13.8 Å². The normalized spacial score (nSPS) is 17.6. The van der Waals surface area contributed by atoms with Gasteiger partial charge in [0, 0.05) is 32.4 Å². The lowest BCUT2D eigenvalue weighted by atomic mass is 10.3. The second-order valence-electron chi connectivity index (χ2n) is 2.91. The lowest BCUT2D eigenvalue weighted by Gasteiger charge is -2.26. The maximum absolute atomic E-state index is 4.03. The highest BCUT2D eigenvalue weighted by molar-refractivity contribution is 5.88. The fraction of sp³-hybridized carbons (Fsp3) is 0.636. The smallest absolute Gasteiger partial charge is 0.141 e. The van der Waals surface area contributed by atoms with E-state index in [0.29, 0.717) is 0 Å². The molecule has 86 valence electrons. The van der Waals surface area contributed by atoms with E-state index in [1.165, 1.54) is 6.20 Å². The van der Waals surface area contributed by atoms with Crippen LogP contribution in [0.15, 0.2) is 22.8 Å². The van der Waals surface area contributed by atoms with Crippen LogP contribution in [0.5, 0.6) is 0 Å². The predicted molar refractivity (Wildman–Crippen MR) is 67.8 cm³/mol. The van der Waals surface area contributed by atoms with E-state index in [-0.39, 0.29) is 0 Å². The van der Waals surface area contributed by atoms with Crippen LogP contribution >= 0.6 is 0 Å². The van der Waals surface area contributed by atoms with Gasteiger partial charge >= 0.3 is 0 Å². The van der Waals surface area contributed by atoms with Gasteiger partial charge < -0.3 is 5.32 Å². The quantitative estimate of drug-likeness (QED) is 0.561. The second-order valence-corrected chi connectivity index (χ2v) is 2.91. The van der Waals surface area contributed by atoms with Crippen molar-refractivity contribution in [3.63, 3.8) is 0 Å². The van der Waals surface area contributed by atoms with Crippen molar-refractivity contribution < 1.29 is 0 Å². The van der Waals surface area contributed by atoms with E-state index in [4.69, 9.17) is 0 Å². The molecule has 1 rings (SSSR count). The molecular weight excluding hydrogens is 188 g/mol. The summed E-state index contributed by atoms with van der Waals surface area (Å²) in [5.41, 5.74) is 0. The molecule has 0 saturated carbocycles. The summed E-state index contributed by atoms with van der Waals surface area (Å²) < 4.78 is 0. The molecule has 1 fully saturated rings. The highest BCUT2D eigenvalue weighted by Gasteiger charge is 2.10. The maximum atomic E-state index is 4.03. The molecule has 0 aromatic carbocycles. The van der Waals surface area contributed by atoms with Crippen LogP contribution < -0.4 is 5.32 Å². The van der Waals surface area contributed by atoms with Crippen molar-refractivity contribution in [2.24, 2.45) is 9.98 Å². The Bertz CT molecular complexity index is 205. The number of nitrogens with zero attached hydrogens (tertiary/aromatic N) is 3. The third kappa shape index (κ3) is 6.14. The van der Waals surface area contributed by atoms with Crippen LogP contribution in [0.2, 0.25) is 0 Å². The molecule has 0 spiro atoms. The topological polar surface area (TPSA) is 40.0 Å². The molecule has 1 saturated heterocycles. The summed E-state index contributed by atoms with van der Waals surface area (Å²) >= 11 is 0. The Morgan fingerprint density at radius 3 is 2.47 bits per heavy atom. The predicted octanol–water partition coefficient (Wildman–Crippen LogP) is 1.16. The molecule has 1 heterocycles. The first-order valence-electron chi connectivity index (χ1n) is 5.44. The molecule has 0 radical (unpaired) electrons. The Labute approximate surface area is 92.8 Å². The van der Waals surface area contributed by atoms with Gasteiger partial charge in [0.15, 0.2) is 0 Å². The maximum Gasteiger partial charge on any atom is 0.141 e. The van der Waals surface area contributed by atoms with E-state index in [0.717, 1.165) is 38.6 Å². The van der Waals surface area contributed by atoms with Crippen LogP contribution in [0.25, 0.3) is 0 Å². The SMILES string of the molecule is C=CN=C(CN1CCNCC1)N=C.CC. The third-order valence-corrected chi connectivity index (χ3v) is 2.00. The summed E-state index contributed by atoms with van der Waals surface area (Å²) in [5, 5.41) is 3.29. The molecule has 0 amide bonds. The van der Waals surface area contributed by atoms with Gasteiger partial charge in [-0.3, -0.25) is 4.90 Å². The summed E-state index contributed by atoms with van der Waals surface area (Å²) in [6.07, 6.45) is 1.51. The van der Waals surface area contributed by atoms with E-state index in [1.54, 1.807) is 0 Å². The lowest BCUT2D eigenvalue weighted by molar-refractivity contribution is 0.271. The average Bonchev–Trinajstić information content (AvgIpc) is 2.32. The molecule has 0 atom stereocenters. The van der Waals surface area contributed by atoms with Gasteiger partial charge in [0.2, 0.25) is 0 Å². The Balaban J connectivity index is 0.000000921. The van der Waals surface area contributed by atoms with Crippen LogP contribution in [-0.2, 0) is 0 Å². The Kier molecular flexibility index (Phi) is 8.91. The molecule has 4 nitrogen and oxygen atoms in total. The monoisotopic (exact) mass is 210 g/mol. The molecule has 0 unspecified atom stereocenters. The number of piperazine rings is 1. The van der Waals surface area contributed by atoms with Gasteiger partial charge in [0.25, 0.3) is 0 Å². The van der Waals surface area contributed by atoms with Gasteiger partial charge in [-0.15, -0.1) is 0 Å². The molecule has 0 bridgehead atoms. The molecule has 0 aromatic rings. The van der Waals surface area contributed by atoms with Gasteiger partial charge in [0.1, 0.15) is 5.84 Å². The van der Waals surface area contributed by atoms with Gasteiger partial charge in [-0.1, -0.05) is 20.4 Å². The van der Waals surface area contributed by atoms with Crippen molar-refractivity contribution in [3.05, 3.63) is 12.8 Å². The summed E-state index contributed by atoms with van der Waals surface area (Å²) in [7, 11) is 0. The van der Waals surface area contributed by atoms with Crippen LogP contribution in [0.3, 0.4) is 0 Å². The minimum atomic E-state index is 0.747.